The Kier molecular flexibility index (Phi) is 6.41. The minimum atomic E-state index is 0.558. The van der Waals surface area contributed by atoms with Crippen molar-refractivity contribution < 1.29 is 4.74 Å². The van der Waals surface area contributed by atoms with Crippen molar-refractivity contribution in [1.29, 1.82) is 0 Å². The molecule has 4 aromatic carbocycles. The molecule has 3 atom stereocenters. The van der Waals surface area contributed by atoms with Crippen molar-refractivity contribution in [3.05, 3.63) is 89.5 Å². The monoisotopic (exact) mass is 488 g/mol. The average molecular weight is 489 g/mol. The molecule has 2 fully saturated rings. The van der Waals surface area contributed by atoms with E-state index in [0.29, 0.717) is 11.8 Å². The van der Waals surface area contributed by atoms with Crippen LogP contribution in [0.5, 0.6) is 5.75 Å². The third-order valence-corrected chi connectivity index (χ3v) is 9.94. The van der Waals surface area contributed by atoms with Crippen molar-refractivity contribution in [1.82, 2.24) is 0 Å². The van der Waals surface area contributed by atoms with E-state index in [1.54, 1.807) is 11.1 Å². The van der Waals surface area contributed by atoms with Crippen LogP contribution in [-0.4, -0.2) is 6.61 Å². The van der Waals surface area contributed by atoms with Crippen molar-refractivity contribution in [2.75, 3.05) is 6.61 Å². The molecule has 3 aliphatic rings. The van der Waals surface area contributed by atoms with Gasteiger partial charge >= 0.3 is 0 Å². The fourth-order valence-electron chi connectivity index (χ4n) is 8.11. The second-order valence-electron chi connectivity index (χ2n) is 12.2. The van der Waals surface area contributed by atoms with Gasteiger partial charge in [-0.05, 0) is 101 Å². The van der Waals surface area contributed by atoms with E-state index >= 15 is 0 Å². The van der Waals surface area contributed by atoms with Gasteiger partial charge in [0.2, 0.25) is 0 Å². The van der Waals surface area contributed by atoms with E-state index in [-0.39, 0.29) is 0 Å². The van der Waals surface area contributed by atoms with Crippen molar-refractivity contribution >= 4 is 21.5 Å². The molecule has 0 saturated heterocycles. The van der Waals surface area contributed by atoms with Crippen LogP contribution >= 0.6 is 0 Å². The van der Waals surface area contributed by atoms with E-state index in [9.17, 15) is 0 Å². The lowest BCUT2D eigenvalue weighted by molar-refractivity contribution is 0.210. The highest BCUT2D eigenvalue weighted by atomic mass is 16.5. The highest BCUT2D eigenvalue weighted by molar-refractivity contribution is 5.94. The largest absolute Gasteiger partial charge is 0.493 e. The first-order chi connectivity index (χ1) is 18.3. The summed E-state index contributed by atoms with van der Waals surface area (Å²) >= 11 is 0. The van der Waals surface area contributed by atoms with E-state index in [4.69, 9.17) is 4.74 Å². The zero-order chi connectivity index (χ0) is 24.6. The molecule has 190 valence electrons. The van der Waals surface area contributed by atoms with Crippen LogP contribution in [0, 0.1) is 11.8 Å². The van der Waals surface area contributed by atoms with Gasteiger partial charge in [0, 0.05) is 5.39 Å². The first-order valence-electron chi connectivity index (χ1n) is 15.0. The summed E-state index contributed by atoms with van der Waals surface area (Å²) in [6.45, 7) is 0.878. The molecule has 37 heavy (non-hydrogen) atoms. The van der Waals surface area contributed by atoms with Crippen LogP contribution in [0.15, 0.2) is 72.8 Å². The molecular formula is C36H40O. The predicted molar refractivity (Wildman–Crippen MR) is 156 cm³/mol. The summed E-state index contributed by atoms with van der Waals surface area (Å²) in [5.74, 6) is 3.83. The van der Waals surface area contributed by atoms with Crippen LogP contribution in [0.1, 0.15) is 92.7 Å². The van der Waals surface area contributed by atoms with Crippen LogP contribution in [0.3, 0.4) is 0 Å². The lowest BCUT2D eigenvalue weighted by Crippen LogP contribution is -2.23. The maximum atomic E-state index is 6.61. The maximum absolute atomic E-state index is 6.61. The molecule has 0 amide bonds. The van der Waals surface area contributed by atoms with Crippen molar-refractivity contribution in [3.8, 4) is 5.75 Å². The smallest absolute Gasteiger partial charge is 0.127 e. The first-order valence-corrected chi connectivity index (χ1v) is 15.0. The summed E-state index contributed by atoms with van der Waals surface area (Å²) in [5.41, 5.74) is 4.68. The van der Waals surface area contributed by atoms with Gasteiger partial charge in [-0.3, -0.25) is 0 Å². The van der Waals surface area contributed by atoms with Crippen molar-refractivity contribution in [3.63, 3.8) is 0 Å². The van der Waals surface area contributed by atoms with Crippen LogP contribution in [0.25, 0.3) is 21.5 Å². The fraction of sp³-hybridized carbons (Fsp3) is 0.444. The van der Waals surface area contributed by atoms with E-state index in [1.807, 2.05) is 0 Å². The third-order valence-electron chi connectivity index (χ3n) is 9.94. The molecule has 0 radical (unpaired) electrons. The molecule has 7 rings (SSSR count). The second kappa shape index (κ2) is 10.2. The Morgan fingerprint density at radius 3 is 2.35 bits per heavy atom. The van der Waals surface area contributed by atoms with Gasteiger partial charge in [-0.15, -0.1) is 0 Å². The zero-order valence-electron chi connectivity index (χ0n) is 22.1. The molecule has 1 heteroatoms. The average Bonchev–Trinajstić information content (AvgIpc) is 2.95. The first kappa shape index (κ1) is 23.3. The van der Waals surface area contributed by atoms with Gasteiger partial charge < -0.3 is 4.74 Å². The molecule has 0 aromatic heterocycles. The van der Waals surface area contributed by atoms with Crippen molar-refractivity contribution in [2.45, 2.75) is 82.5 Å². The fourth-order valence-corrected chi connectivity index (χ4v) is 8.11. The Hall–Kier alpha value is -2.80. The van der Waals surface area contributed by atoms with Gasteiger partial charge in [-0.25, -0.2) is 0 Å². The molecule has 4 aromatic rings. The van der Waals surface area contributed by atoms with Gasteiger partial charge in [0.25, 0.3) is 0 Å². The van der Waals surface area contributed by atoms with Crippen molar-refractivity contribution in [2.24, 2.45) is 11.8 Å². The molecule has 3 unspecified atom stereocenters. The van der Waals surface area contributed by atoms with Gasteiger partial charge in [-0.2, -0.15) is 0 Å². The summed E-state index contributed by atoms with van der Waals surface area (Å²) in [4.78, 5) is 0. The highest BCUT2D eigenvalue weighted by Crippen LogP contribution is 2.49. The van der Waals surface area contributed by atoms with E-state index in [0.717, 1.165) is 30.6 Å². The lowest BCUT2D eigenvalue weighted by atomic mass is 9.67. The van der Waals surface area contributed by atoms with Gasteiger partial charge in [0.05, 0.1) is 6.61 Å². The molecule has 0 heterocycles. The van der Waals surface area contributed by atoms with Crippen LogP contribution in [-0.2, 0) is 6.42 Å². The molecule has 2 saturated carbocycles. The number of fused-ring (bicyclic) bond motifs is 3. The Bertz CT molecular complexity index is 1390. The zero-order valence-corrected chi connectivity index (χ0v) is 22.1. The predicted octanol–water partition coefficient (Wildman–Crippen LogP) is 9.96. The third kappa shape index (κ3) is 4.45. The second-order valence-corrected chi connectivity index (χ2v) is 12.2. The Balaban J connectivity index is 1.32. The summed E-state index contributed by atoms with van der Waals surface area (Å²) in [5, 5.41) is 5.69. The Morgan fingerprint density at radius 2 is 1.41 bits per heavy atom. The molecule has 0 N–H and O–H groups in total. The van der Waals surface area contributed by atoms with Gasteiger partial charge in [-0.1, -0.05) is 98.8 Å². The van der Waals surface area contributed by atoms with E-state index in [2.05, 4.69) is 72.8 Å². The summed E-state index contributed by atoms with van der Waals surface area (Å²) in [6, 6.07) is 27.8. The maximum Gasteiger partial charge on any atom is 0.127 e. The minimum Gasteiger partial charge on any atom is -0.493 e. The van der Waals surface area contributed by atoms with Crippen LogP contribution in [0.2, 0.25) is 0 Å². The lowest BCUT2D eigenvalue weighted by Gasteiger charge is -2.38. The summed E-state index contributed by atoms with van der Waals surface area (Å²) in [6.07, 6.45) is 14.7. The van der Waals surface area contributed by atoms with E-state index < -0.39 is 0 Å². The molecular weight excluding hydrogens is 448 g/mol. The minimum absolute atomic E-state index is 0.558. The quantitative estimate of drug-likeness (QED) is 0.278. The number of rotatable bonds is 4. The van der Waals surface area contributed by atoms with Crippen LogP contribution in [0.4, 0.5) is 0 Å². The Morgan fingerprint density at radius 1 is 0.649 bits per heavy atom. The summed E-state index contributed by atoms with van der Waals surface area (Å²) in [7, 11) is 0. The molecule has 0 spiro atoms. The number of hydrogen-bond donors (Lipinski definition) is 0. The van der Waals surface area contributed by atoms with Gasteiger partial charge in [0.15, 0.2) is 0 Å². The molecule has 0 bridgehead atoms. The van der Waals surface area contributed by atoms with Crippen LogP contribution < -0.4 is 4.74 Å². The molecule has 1 nitrogen and oxygen atoms in total. The SMILES string of the molecule is c1ccc2c(C3Cc4ccc(OCC5CCCCC5)c5cccc(c45)C4CCCCC4C3)cccc2c1. The topological polar surface area (TPSA) is 9.23 Å². The highest BCUT2D eigenvalue weighted by Gasteiger charge is 2.34. The number of ether oxygens (including phenoxy) is 1. The molecule has 0 aliphatic heterocycles. The normalized spacial score (nSPS) is 24.4. The van der Waals surface area contributed by atoms with E-state index in [1.165, 1.54) is 91.3 Å². The standard InChI is InChI=1S/C36H40O/c1-2-10-25(11-3-1)24-37-35-21-20-28-23-29(32-17-8-14-26-12-4-6-15-30(26)32)22-27-13-5-7-16-31(27)33-18-9-19-34(35)36(28)33/h4,6,8-9,12,14-15,17-21,25,27,29,31H,1-3,5,7,10-11,13,16,22-24H2. The number of benzene rings is 4. The summed E-state index contributed by atoms with van der Waals surface area (Å²) < 4.78 is 6.61. The molecule has 3 aliphatic carbocycles. The number of hydrogen-bond acceptors (Lipinski definition) is 1. The van der Waals surface area contributed by atoms with Gasteiger partial charge in [0.1, 0.15) is 5.75 Å². The Labute approximate surface area is 222 Å².